The maximum atomic E-state index is 13.6. The minimum atomic E-state index is -0.241. The van der Waals surface area contributed by atoms with E-state index in [9.17, 15) is 4.39 Å². The summed E-state index contributed by atoms with van der Waals surface area (Å²) in [5, 5.41) is 3.65. The maximum Gasteiger partial charge on any atom is 0.128 e. The summed E-state index contributed by atoms with van der Waals surface area (Å²) in [5.74, 6) is -0.241. The number of hydrogen-bond acceptors (Lipinski definition) is 2. The number of anilines is 2. The molecule has 0 spiro atoms. The fourth-order valence-corrected chi connectivity index (χ4v) is 2.34. The van der Waals surface area contributed by atoms with E-state index in [0.29, 0.717) is 22.8 Å². The topological polar surface area (TPSA) is 38.0 Å². The zero-order valence-electron chi connectivity index (χ0n) is 10.3. The normalized spacial score (nSPS) is 10.5. The molecule has 19 heavy (non-hydrogen) atoms. The summed E-state index contributed by atoms with van der Waals surface area (Å²) in [6, 6.07) is 8.40. The van der Waals surface area contributed by atoms with Crippen LogP contribution in [0.2, 0.25) is 5.02 Å². The lowest BCUT2D eigenvalue weighted by Gasteiger charge is -2.12. The van der Waals surface area contributed by atoms with E-state index in [2.05, 4.69) is 21.2 Å². The van der Waals surface area contributed by atoms with Gasteiger partial charge in [0, 0.05) is 22.3 Å². The molecule has 0 aromatic heterocycles. The highest BCUT2D eigenvalue weighted by molar-refractivity contribution is 9.10. The first-order chi connectivity index (χ1) is 8.97. The van der Waals surface area contributed by atoms with Gasteiger partial charge in [-0.3, -0.25) is 0 Å². The van der Waals surface area contributed by atoms with E-state index in [-0.39, 0.29) is 5.82 Å². The second kappa shape index (κ2) is 5.80. The third-order valence-corrected chi connectivity index (χ3v) is 3.64. The zero-order valence-corrected chi connectivity index (χ0v) is 12.6. The summed E-state index contributed by atoms with van der Waals surface area (Å²) in [5.41, 5.74) is 8.66. The molecule has 2 aromatic rings. The molecule has 0 aliphatic rings. The molecule has 2 nitrogen and oxygen atoms in total. The molecule has 0 radical (unpaired) electrons. The van der Waals surface area contributed by atoms with Gasteiger partial charge in [0.2, 0.25) is 0 Å². The summed E-state index contributed by atoms with van der Waals surface area (Å²) < 4.78 is 14.5. The van der Waals surface area contributed by atoms with Gasteiger partial charge in [-0.25, -0.2) is 4.39 Å². The molecule has 5 heteroatoms. The van der Waals surface area contributed by atoms with Gasteiger partial charge in [-0.15, -0.1) is 0 Å². The van der Waals surface area contributed by atoms with Crippen LogP contribution in [-0.2, 0) is 6.54 Å². The molecule has 0 amide bonds. The molecule has 0 bridgehead atoms. The molecule has 0 heterocycles. The van der Waals surface area contributed by atoms with Crippen LogP contribution >= 0.6 is 27.5 Å². The summed E-state index contributed by atoms with van der Waals surface area (Å²) in [6.07, 6.45) is 0. The Hall–Kier alpha value is -1.26. The van der Waals surface area contributed by atoms with E-state index >= 15 is 0 Å². The maximum absolute atomic E-state index is 13.6. The van der Waals surface area contributed by atoms with Gasteiger partial charge in [0.25, 0.3) is 0 Å². The van der Waals surface area contributed by atoms with Crippen molar-refractivity contribution >= 4 is 38.9 Å². The van der Waals surface area contributed by atoms with Crippen molar-refractivity contribution in [1.82, 2.24) is 0 Å². The zero-order chi connectivity index (χ0) is 14.0. The van der Waals surface area contributed by atoms with Crippen molar-refractivity contribution in [2.45, 2.75) is 13.5 Å². The second-order valence-corrected chi connectivity index (χ2v) is 5.60. The van der Waals surface area contributed by atoms with Crippen LogP contribution in [0.3, 0.4) is 0 Å². The first kappa shape index (κ1) is 14.2. The van der Waals surface area contributed by atoms with Crippen LogP contribution in [-0.4, -0.2) is 0 Å². The third kappa shape index (κ3) is 3.39. The molecular weight excluding hydrogens is 331 g/mol. The average Bonchev–Trinajstić information content (AvgIpc) is 2.36. The van der Waals surface area contributed by atoms with Crippen LogP contribution in [0.5, 0.6) is 0 Å². The second-order valence-electron chi connectivity index (χ2n) is 4.28. The van der Waals surface area contributed by atoms with E-state index in [1.165, 1.54) is 6.07 Å². The Morgan fingerprint density at radius 3 is 2.79 bits per heavy atom. The Labute approximate surface area is 124 Å². The van der Waals surface area contributed by atoms with E-state index in [4.69, 9.17) is 17.3 Å². The number of rotatable bonds is 3. The fraction of sp³-hybridized carbons (Fsp3) is 0.143. The molecular formula is C14H13BrClFN2. The van der Waals surface area contributed by atoms with Gasteiger partial charge in [0.05, 0.1) is 10.7 Å². The summed E-state index contributed by atoms with van der Waals surface area (Å²) in [6.45, 7) is 2.30. The number of hydrogen-bond donors (Lipinski definition) is 2. The highest BCUT2D eigenvalue weighted by atomic mass is 79.9. The van der Waals surface area contributed by atoms with E-state index in [1.807, 2.05) is 6.92 Å². The number of nitrogens with one attached hydrogen (secondary N) is 1. The Kier molecular flexibility index (Phi) is 4.32. The van der Waals surface area contributed by atoms with Crippen LogP contribution in [0.1, 0.15) is 11.1 Å². The van der Waals surface area contributed by atoms with E-state index < -0.39 is 0 Å². The molecule has 100 valence electrons. The van der Waals surface area contributed by atoms with Gasteiger partial charge in [0.1, 0.15) is 5.82 Å². The quantitative estimate of drug-likeness (QED) is 0.790. The van der Waals surface area contributed by atoms with E-state index in [0.717, 1.165) is 15.7 Å². The van der Waals surface area contributed by atoms with Crippen LogP contribution < -0.4 is 11.1 Å². The fourth-order valence-electron chi connectivity index (χ4n) is 1.76. The van der Waals surface area contributed by atoms with E-state index in [1.54, 1.807) is 24.3 Å². The van der Waals surface area contributed by atoms with Crippen LogP contribution in [0.15, 0.2) is 34.8 Å². The first-order valence-corrected chi connectivity index (χ1v) is 6.88. The molecule has 2 rings (SSSR count). The molecule has 2 aromatic carbocycles. The van der Waals surface area contributed by atoms with Crippen LogP contribution in [0.4, 0.5) is 15.8 Å². The number of nitrogen functional groups attached to an aromatic ring is 1. The van der Waals surface area contributed by atoms with Gasteiger partial charge < -0.3 is 11.1 Å². The molecule has 0 fully saturated rings. The van der Waals surface area contributed by atoms with Gasteiger partial charge in [-0.1, -0.05) is 27.5 Å². The minimum Gasteiger partial charge on any atom is -0.398 e. The summed E-state index contributed by atoms with van der Waals surface area (Å²) in [7, 11) is 0. The molecule has 0 aliphatic heterocycles. The van der Waals surface area contributed by atoms with Gasteiger partial charge >= 0.3 is 0 Å². The lowest BCUT2D eigenvalue weighted by atomic mass is 10.1. The van der Waals surface area contributed by atoms with Crippen LogP contribution in [0, 0.1) is 12.7 Å². The largest absolute Gasteiger partial charge is 0.398 e. The number of benzene rings is 2. The van der Waals surface area contributed by atoms with Crippen molar-refractivity contribution in [2.75, 3.05) is 11.1 Å². The number of nitrogens with two attached hydrogens (primary N) is 1. The van der Waals surface area contributed by atoms with Crippen molar-refractivity contribution in [3.05, 3.63) is 56.8 Å². The molecule has 0 saturated heterocycles. The molecule has 3 N–H and O–H groups in total. The first-order valence-electron chi connectivity index (χ1n) is 5.71. The highest BCUT2D eigenvalue weighted by Crippen LogP contribution is 2.27. The molecule has 0 aliphatic carbocycles. The van der Waals surface area contributed by atoms with Crippen molar-refractivity contribution in [1.29, 1.82) is 0 Å². The van der Waals surface area contributed by atoms with Gasteiger partial charge in [-0.2, -0.15) is 0 Å². The lowest BCUT2D eigenvalue weighted by molar-refractivity contribution is 0.612. The summed E-state index contributed by atoms with van der Waals surface area (Å²) in [4.78, 5) is 0. The van der Waals surface area contributed by atoms with Crippen molar-refractivity contribution in [3.63, 3.8) is 0 Å². The number of halogens is 3. The van der Waals surface area contributed by atoms with Crippen molar-refractivity contribution in [3.8, 4) is 0 Å². The lowest BCUT2D eigenvalue weighted by Crippen LogP contribution is -2.04. The van der Waals surface area contributed by atoms with Crippen molar-refractivity contribution < 1.29 is 4.39 Å². The smallest absolute Gasteiger partial charge is 0.128 e. The van der Waals surface area contributed by atoms with Gasteiger partial charge in [0.15, 0.2) is 0 Å². The third-order valence-electron chi connectivity index (χ3n) is 2.82. The Morgan fingerprint density at radius 1 is 1.32 bits per heavy atom. The molecule has 0 unspecified atom stereocenters. The van der Waals surface area contributed by atoms with Gasteiger partial charge in [-0.05, 0) is 42.8 Å². The predicted octanol–water partition coefficient (Wildman–Crippen LogP) is 4.74. The molecule has 0 atom stereocenters. The minimum absolute atomic E-state index is 0.241. The Bertz CT molecular complexity index is 617. The van der Waals surface area contributed by atoms with Crippen molar-refractivity contribution in [2.24, 2.45) is 0 Å². The van der Waals surface area contributed by atoms with Crippen LogP contribution in [0.25, 0.3) is 0 Å². The monoisotopic (exact) mass is 342 g/mol. The Morgan fingerprint density at radius 2 is 2.05 bits per heavy atom. The number of aryl methyl sites for hydroxylation is 1. The average molecular weight is 344 g/mol. The standard InChI is InChI=1S/C14H13BrClFN2/c1-8-4-13(18)11(16)6-14(8)19-7-9-5-10(15)2-3-12(9)17/h2-6,19H,7,18H2,1H3. The highest BCUT2D eigenvalue weighted by Gasteiger charge is 2.06. The SMILES string of the molecule is Cc1cc(N)c(Cl)cc1NCc1cc(Br)ccc1F. The Balaban J connectivity index is 2.19. The summed E-state index contributed by atoms with van der Waals surface area (Å²) >= 11 is 9.30. The molecule has 0 saturated carbocycles. The predicted molar refractivity (Wildman–Crippen MR) is 82.0 cm³/mol.